The molecule has 5 nitrogen and oxygen atoms in total. The van der Waals surface area contributed by atoms with E-state index in [1.165, 1.54) is 0 Å². The van der Waals surface area contributed by atoms with Crippen LogP contribution in [0.2, 0.25) is 0 Å². The first-order chi connectivity index (χ1) is 9.15. The van der Waals surface area contributed by atoms with Crippen LogP contribution in [0.3, 0.4) is 0 Å². The van der Waals surface area contributed by atoms with Gasteiger partial charge in [-0.05, 0) is 30.7 Å². The zero-order valence-corrected chi connectivity index (χ0v) is 10.9. The van der Waals surface area contributed by atoms with Gasteiger partial charge in [0, 0.05) is 36.9 Å². The molecule has 1 aromatic rings. The summed E-state index contributed by atoms with van der Waals surface area (Å²) in [5, 5.41) is 6.05. The zero-order valence-electron chi connectivity index (χ0n) is 10.9. The first-order valence-electron chi connectivity index (χ1n) is 6.59. The van der Waals surface area contributed by atoms with Crippen molar-refractivity contribution >= 4 is 17.5 Å². The fraction of sp³-hybridized carbons (Fsp3) is 0.429. The Bertz CT molecular complexity index is 541. The van der Waals surface area contributed by atoms with Gasteiger partial charge in [-0.1, -0.05) is 0 Å². The van der Waals surface area contributed by atoms with Crippen molar-refractivity contribution in [2.45, 2.75) is 19.4 Å². The SMILES string of the molecule is CC1CNCCN1C(=O)c1ccc2c(c1)CC(=O)N2. The Balaban J connectivity index is 1.84. The first-order valence-corrected chi connectivity index (χ1v) is 6.59. The third-order valence-corrected chi connectivity index (χ3v) is 3.74. The Hall–Kier alpha value is -1.88. The fourth-order valence-electron chi connectivity index (χ4n) is 2.67. The van der Waals surface area contributed by atoms with Crippen LogP contribution in [-0.4, -0.2) is 42.4 Å². The van der Waals surface area contributed by atoms with Gasteiger partial charge >= 0.3 is 0 Å². The molecule has 2 N–H and O–H groups in total. The molecule has 2 aliphatic rings. The molecule has 1 atom stereocenters. The Kier molecular flexibility index (Phi) is 2.98. The standard InChI is InChI=1S/C14H17N3O2/c1-9-8-15-4-5-17(9)14(19)10-2-3-12-11(6-10)7-13(18)16-12/h2-3,6,9,15H,4-5,7-8H2,1H3,(H,16,18). The van der Waals surface area contributed by atoms with Crippen LogP contribution in [0.25, 0.3) is 0 Å². The molecule has 19 heavy (non-hydrogen) atoms. The van der Waals surface area contributed by atoms with Crippen LogP contribution < -0.4 is 10.6 Å². The average Bonchev–Trinajstić information content (AvgIpc) is 2.77. The Morgan fingerprint density at radius 2 is 2.26 bits per heavy atom. The van der Waals surface area contributed by atoms with E-state index in [-0.39, 0.29) is 17.9 Å². The monoisotopic (exact) mass is 259 g/mol. The summed E-state index contributed by atoms with van der Waals surface area (Å²) < 4.78 is 0. The number of hydrogen-bond donors (Lipinski definition) is 2. The van der Waals surface area contributed by atoms with E-state index in [0.29, 0.717) is 12.0 Å². The molecule has 1 unspecified atom stereocenters. The molecule has 0 bridgehead atoms. The van der Waals surface area contributed by atoms with E-state index in [4.69, 9.17) is 0 Å². The van der Waals surface area contributed by atoms with Crippen LogP contribution in [0.15, 0.2) is 18.2 Å². The quantitative estimate of drug-likeness (QED) is 0.777. The van der Waals surface area contributed by atoms with Crippen molar-refractivity contribution in [2.75, 3.05) is 25.0 Å². The van der Waals surface area contributed by atoms with E-state index in [2.05, 4.69) is 10.6 Å². The lowest BCUT2D eigenvalue weighted by Gasteiger charge is -2.34. The van der Waals surface area contributed by atoms with Crippen molar-refractivity contribution in [3.05, 3.63) is 29.3 Å². The molecule has 0 saturated carbocycles. The maximum absolute atomic E-state index is 12.5. The van der Waals surface area contributed by atoms with E-state index < -0.39 is 0 Å². The Morgan fingerprint density at radius 3 is 3.05 bits per heavy atom. The average molecular weight is 259 g/mol. The van der Waals surface area contributed by atoms with Gasteiger partial charge in [0.1, 0.15) is 0 Å². The molecule has 2 amide bonds. The summed E-state index contributed by atoms with van der Waals surface area (Å²) in [6, 6.07) is 5.65. The van der Waals surface area contributed by atoms with E-state index >= 15 is 0 Å². The molecule has 2 aliphatic heterocycles. The summed E-state index contributed by atoms with van der Waals surface area (Å²) in [6.45, 7) is 4.44. The predicted octanol–water partition coefficient (Wildman–Crippen LogP) is 0.615. The van der Waals surface area contributed by atoms with Gasteiger partial charge in [-0.2, -0.15) is 0 Å². The van der Waals surface area contributed by atoms with Crippen LogP contribution in [0.1, 0.15) is 22.8 Å². The number of carbonyl (C=O) groups is 2. The number of fused-ring (bicyclic) bond motifs is 1. The third kappa shape index (κ3) is 2.21. The van der Waals surface area contributed by atoms with Crippen LogP contribution in [0.5, 0.6) is 0 Å². The van der Waals surface area contributed by atoms with Crippen molar-refractivity contribution in [1.29, 1.82) is 0 Å². The van der Waals surface area contributed by atoms with Gasteiger partial charge in [-0.3, -0.25) is 9.59 Å². The third-order valence-electron chi connectivity index (χ3n) is 3.74. The molecule has 1 aromatic carbocycles. The number of rotatable bonds is 1. The highest BCUT2D eigenvalue weighted by Crippen LogP contribution is 2.24. The molecule has 0 aliphatic carbocycles. The van der Waals surface area contributed by atoms with E-state index in [0.717, 1.165) is 30.9 Å². The number of carbonyl (C=O) groups excluding carboxylic acids is 2. The maximum Gasteiger partial charge on any atom is 0.254 e. The van der Waals surface area contributed by atoms with Gasteiger partial charge in [0.15, 0.2) is 0 Å². The second-order valence-electron chi connectivity index (χ2n) is 5.15. The van der Waals surface area contributed by atoms with Crippen molar-refractivity contribution in [3.8, 4) is 0 Å². The Labute approximate surface area is 112 Å². The Morgan fingerprint density at radius 1 is 1.42 bits per heavy atom. The molecule has 3 rings (SSSR count). The molecule has 2 heterocycles. The largest absolute Gasteiger partial charge is 0.333 e. The zero-order chi connectivity index (χ0) is 13.4. The highest BCUT2D eigenvalue weighted by Gasteiger charge is 2.25. The molecule has 5 heteroatoms. The first kappa shape index (κ1) is 12.2. The van der Waals surface area contributed by atoms with Gasteiger partial charge in [0.05, 0.1) is 6.42 Å². The molecule has 100 valence electrons. The maximum atomic E-state index is 12.5. The normalized spacial score (nSPS) is 22.1. The van der Waals surface area contributed by atoms with Crippen LogP contribution in [-0.2, 0) is 11.2 Å². The van der Waals surface area contributed by atoms with Gasteiger partial charge < -0.3 is 15.5 Å². The number of amides is 2. The molecular weight excluding hydrogens is 242 g/mol. The van der Waals surface area contributed by atoms with Gasteiger partial charge in [-0.25, -0.2) is 0 Å². The lowest BCUT2D eigenvalue weighted by molar-refractivity contribution is -0.115. The minimum Gasteiger partial charge on any atom is -0.333 e. The van der Waals surface area contributed by atoms with E-state index in [1.54, 1.807) is 6.07 Å². The number of anilines is 1. The molecule has 0 radical (unpaired) electrons. The fourth-order valence-corrected chi connectivity index (χ4v) is 2.67. The predicted molar refractivity (Wildman–Crippen MR) is 72.1 cm³/mol. The van der Waals surface area contributed by atoms with Crippen molar-refractivity contribution in [3.63, 3.8) is 0 Å². The number of nitrogens with one attached hydrogen (secondary N) is 2. The smallest absolute Gasteiger partial charge is 0.254 e. The van der Waals surface area contributed by atoms with E-state index in [9.17, 15) is 9.59 Å². The van der Waals surface area contributed by atoms with Crippen LogP contribution in [0, 0.1) is 0 Å². The summed E-state index contributed by atoms with van der Waals surface area (Å²) in [7, 11) is 0. The molecular formula is C14H17N3O2. The van der Waals surface area contributed by atoms with Gasteiger partial charge in [0.25, 0.3) is 5.91 Å². The summed E-state index contributed by atoms with van der Waals surface area (Å²) in [6.07, 6.45) is 0.369. The molecule has 1 saturated heterocycles. The van der Waals surface area contributed by atoms with Crippen molar-refractivity contribution in [2.24, 2.45) is 0 Å². The minimum absolute atomic E-state index is 0.00450. The van der Waals surface area contributed by atoms with Gasteiger partial charge in [0.2, 0.25) is 5.91 Å². The van der Waals surface area contributed by atoms with Crippen LogP contribution >= 0.6 is 0 Å². The summed E-state index contributed by atoms with van der Waals surface area (Å²) in [4.78, 5) is 25.7. The molecule has 1 fully saturated rings. The topological polar surface area (TPSA) is 61.4 Å². The summed E-state index contributed by atoms with van der Waals surface area (Å²) in [5.74, 6) is 0.0475. The summed E-state index contributed by atoms with van der Waals surface area (Å²) >= 11 is 0. The summed E-state index contributed by atoms with van der Waals surface area (Å²) in [5.41, 5.74) is 2.41. The number of benzene rings is 1. The highest BCUT2D eigenvalue weighted by atomic mass is 16.2. The number of piperazine rings is 1. The second-order valence-corrected chi connectivity index (χ2v) is 5.15. The number of nitrogens with zero attached hydrogens (tertiary/aromatic N) is 1. The minimum atomic E-state index is -0.00450. The lowest BCUT2D eigenvalue weighted by Crippen LogP contribution is -2.52. The van der Waals surface area contributed by atoms with Crippen molar-refractivity contribution in [1.82, 2.24) is 10.2 Å². The van der Waals surface area contributed by atoms with Crippen molar-refractivity contribution < 1.29 is 9.59 Å². The van der Waals surface area contributed by atoms with Gasteiger partial charge in [-0.15, -0.1) is 0 Å². The second kappa shape index (κ2) is 4.66. The van der Waals surface area contributed by atoms with E-state index in [1.807, 2.05) is 24.0 Å². The number of hydrogen-bond acceptors (Lipinski definition) is 3. The lowest BCUT2D eigenvalue weighted by atomic mass is 10.1. The highest BCUT2D eigenvalue weighted by molar-refractivity contribution is 6.01. The molecule has 0 aromatic heterocycles. The van der Waals surface area contributed by atoms with Crippen LogP contribution in [0.4, 0.5) is 5.69 Å². The molecule has 0 spiro atoms.